The SMILES string of the molecule is CC(C)[C@H](NC(=O)[C@H](Nc1ccccc1)[C@H](O)[C@H](Cc1ccccc1)NC(=O)OC(C)(C)C)C(=O)c1ccco1. The van der Waals surface area contributed by atoms with Crippen LogP contribution in [0, 0.1) is 5.92 Å². The van der Waals surface area contributed by atoms with Crippen molar-refractivity contribution in [3.63, 3.8) is 0 Å². The Kier molecular flexibility index (Phi) is 10.5. The van der Waals surface area contributed by atoms with Crippen LogP contribution < -0.4 is 16.0 Å². The normalized spacial score (nSPS) is 14.5. The Bertz CT molecular complexity index is 1220. The lowest BCUT2D eigenvalue weighted by molar-refractivity contribution is -0.125. The molecule has 9 heteroatoms. The van der Waals surface area contributed by atoms with Crippen LogP contribution in [0.2, 0.25) is 0 Å². The Morgan fingerprint density at radius 3 is 2.05 bits per heavy atom. The fourth-order valence-corrected chi connectivity index (χ4v) is 4.19. The summed E-state index contributed by atoms with van der Waals surface area (Å²) in [7, 11) is 0. The molecule has 0 saturated heterocycles. The average Bonchev–Trinajstić information content (AvgIpc) is 3.44. The molecule has 0 aliphatic rings. The van der Waals surface area contributed by atoms with Crippen molar-refractivity contribution in [3.05, 3.63) is 90.4 Å². The quantitative estimate of drug-likeness (QED) is 0.243. The summed E-state index contributed by atoms with van der Waals surface area (Å²) in [6.07, 6.45) is -0.522. The number of Topliss-reactive ketones (excluding diaryl/α,β-unsaturated/α-hetero) is 1. The summed E-state index contributed by atoms with van der Waals surface area (Å²) in [5.41, 5.74) is 0.660. The van der Waals surface area contributed by atoms with E-state index < -0.39 is 41.8 Å². The summed E-state index contributed by atoms with van der Waals surface area (Å²) in [5.74, 6) is -1.13. The molecule has 0 radical (unpaired) electrons. The molecule has 1 aromatic heterocycles. The zero-order valence-corrected chi connectivity index (χ0v) is 23.6. The molecule has 2 aromatic carbocycles. The maximum absolute atomic E-state index is 13.8. The molecule has 0 unspecified atom stereocenters. The van der Waals surface area contributed by atoms with Crippen molar-refractivity contribution in [1.82, 2.24) is 10.6 Å². The standard InChI is InChI=1S/C31H39N3O6/c1-20(2)25(28(36)24-17-12-18-39-24)34-29(37)26(32-22-15-10-7-11-16-22)27(35)23(19-21-13-8-6-9-14-21)33-30(38)40-31(3,4)5/h6-18,20,23,25-27,32,35H,19H2,1-5H3,(H,33,38)(H,34,37)/t23-,25-,26+,27+/m0/s1. The molecule has 4 N–H and O–H groups in total. The van der Waals surface area contributed by atoms with E-state index in [2.05, 4.69) is 16.0 Å². The maximum Gasteiger partial charge on any atom is 0.407 e. The van der Waals surface area contributed by atoms with Crippen molar-refractivity contribution in [2.24, 2.45) is 5.92 Å². The number of rotatable bonds is 12. The van der Waals surface area contributed by atoms with E-state index >= 15 is 0 Å². The van der Waals surface area contributed by atoms with Gasteiger partial charge in [0.05, 0.1) is 18.3 Å². The van der Waals surface area contributed by atoms with Gasteiger partial charge in [-0.25, -0.2) is 4.79 Å². The number of amides is 2. The number of alkyl carbamates (subject to hydrolysis) is 1. The van der Waals surface area contributed by atoms with E-state index in [0.717, 1.165) is 5.56 Å². The number of hydrogen-bond acceptors (Lipinski definition) is 7. The van der Waals surface area contributed by atoms with Crippen LogP contribution in [-0.2, 0) is 16.0 Å². The molecule has 0 aliphatic carbocycles. The molecular weight excluding hydrogens is 510 g/mol. The van der Waals surface area contributed by atoms with Gasteiger partial charge in [0.1, 0.15) is 17.7 Å². The topological polar surface area (TPSA) is 130 Å². The van der Waals surface area contributed by atoms with Gasteiger partial charge in [-0.1, -0.05) is 62.4 Å². The molecule has 0 fully saturated rings. The fraction of sp³-hybridized carbons (Fsp3) is 0.387. The van der Waals surface area contributed by atoms with Gasteiger partial charge >= 0.3 is 6.09 Å². The monoisotopic (exact) mass is 549 g/mol. The Hall–Kier alpha value is -4.11. The predicted octanol–water partition coefficient (Wildman–Crippen LogP) is 4.58. The third-order valence-electron chi connectivity index (χ3n) is 6.14. The minimum Gasteiger partial charge on any atom is -0.461 e. The lowest BCUT2D eigenvalue weighted by Gasteiger charge is -2.33. The van der Waals surface area contributed by atoms with Crippen molar-refractivity contribution < 1.29 is 28.6 Å². The third-order valence-corrected chi connectivity index (χ3v) is 6.14. The third kappa shape index (κ3) is 8.98. The van der Waals surface area contributed by atoms with Crippen molar-refractivity contribution in [1.29, 1.82) is 0 Å². The number of nitrogens with one attached hydrogen (secondary N) is 3. The number of aliphatic hydroxyl groups excluding tert-OH is 1. The van der Waals surface area contributed by atoms with Gasteiger partial charge in [-0.15, -0.1) is 0 Å². The Labute approximate surface area is 235 Å². The number of ether oxygens (including phenoxy) is 1. The molecular formula is C31H39N3O6. The zero-order chi connectivity index (χ0) is 29.3. The second kappa shape index (κ2) is 13.8. The Morgan fingerprint density at radius 2 is 1.50 bits per heavy atom. The number of ketones is 1. The van der Waals surface area contributed by atoms with Crippen molar-refractivity contribution >= 4 is 23.5 Å². The van der Waals surface area contributed by atoms with Gasteiger partial charge in [-0.3, -0.25) is 9.59 Å². The highest BCUT2D eigenvalue weighted by Gasteiger charge is 2.37. The van der Waals surface area contributed by atoms with Gasteiger partial charge < -0.3 is 30.2 Å². The van der Waals surface area contributed by atoms with Gasteiger partial charge in [-0.05, 0) is 62.9 Å². The number of benzene rings is 2. The van der Waals surface area contributed by atoms with Crippen LogP contribution in [0.15, 0.2) is 83.5 Å². The van der Waals surface area contributed by atoms with Crippen molar-refractivity contribution in [3.8, 4) is 0 Å². The highest BCUT2D eigenvalue weighted by molar-refractivity contribution is 6.01. The molecule has 9 nitrogen and oxygen atoms in total. The largest absolute Gasteiger partial charge is 0.461 e. The maximum atomic E-state index is 13.8. The van der Waals surface area contributed by atoms with Crippen molar-refractivity contribution in [2.75, 3.05) is 5.32 Å². The van der Waals surface area contributed by atoms with E-state index in [-0.39, 0.29) is 23.9 Å². The first-order valence-corrected chi connectivity index (χ1v) is 13.4. The molecule has 0 aliphatic heterocycles. The van der Waals surface area contributed by atoms with Crippen LogP contribution in [0.5, 0.6) is 0 Å². The van der Waals surface area contributed by atoms with Gasteiger partial charge in [-0.2, -0.15) is 0 Å². The van der Waals surface area contributed by atoms with Gasteiger partial charge in [0.15, 0.2) is 5.76 Å². The van der Waals surface area contributed by atoms with Crippen LogP contribution in [0.3, 0.4) is 0 Å². The molecule has 3 rings (SSSR count). The number of carbonyl (C=O) groups is 3. The number of anilines is 1. The van der Waals surface area contributed by atoms with Crippen LogP contribution in [0.25, 0.3) is 0 Å². The first-order chi connectivity index (χ1) is 18.9. The summed E-state index contributed by atoms with van der Waals surface area (Å²) in [5, 5.41) is 20.3. The highest BCUT2D eigenvalue weighted by Crippen LogP contribution is 2.18. The molecule has 2 amide bonds. The first-order valence-electron chi connectivity index (χ1n) is 13.4. The Balaban J connectivity index is 1.93. The molecule has 214 valence electrons. The number of carbonyl (C=O) groups excluding carboxylic acids is 3. The lowest BCUT2D eigenvalue weighted by atomic mass is 9.93. The lowest BCUT2D eigenvalue weighted by Crippen LogP contribution is -2.59. The van der Waals surface area contributed by atoms with Gasteiger partial charge in [0.2, 0.25) is 11.7 Å². The van der Waals surface area contributed by atoms with Crippen LogP contribution in [-0.4, -0.2) is 52.7 Å². The molecule has 0 saturated carbocycles. The van der Waals surface area contributed by atoms with E-state index in [1.165, 1.54) is 6.26 Å². The summed E-state index contributed by atoms with van der Waals surface area (Å²) >= 11 is 0. The van der Waals surface area contributed by atoms with E-state index in [4.69, 9.17) is 9.15 Å². The molecule has 3 aromatic rings. The summed E-state index contributed by atoms with van der Waals surface area (Å²) in [6, 6.07) is 18.3. The van der Waals surface area contributed by atoms with E-state index in [1.54, 1.807) is 57.2 Å². The number of furan rings is 1. The smallest absolute Gasteiger partial charge is 0.407 e. The minimum atomic E-state index is -1.42. The summed E-state index contributed by atoms with van der Waals surface area (Å²) in [6.45, 7) is 8.84. The fourth-order valence-electron chi connectivity index (χ4n) is 4.19. The number of hydrogen-bond donors (Lipinski definition) is 4. The molecule has 0 bridgehead atoms. The minimum absolute atomic E-state index is 0.126. The number of para-hydroxylation sites is 1. The first kappa shape index (κ1) is 30.4. The van der Waals surface area contributed by atoms with Crippen LogP contribution >= 0.6 is 0 Å². The second-order valence-corrected chi connectivity index (χ2v) is 11.0. The highest BCUT2D eigenvalue weighted by atomic mass is 16.6. The molecule has 1 heterocycles. The molecule has 40 heavy (non-hydrogen) atoms. The van der Waals surface area contributed by atoms with E-state index in [1.807, 2.05) is 50.2 Å². The van der Waals surface area contributed by atoms with Crippen LogP contribution in [0.4, 0.5) is 10.5 Å². The van der Waals surface area contributed by atoms with Gasteiger partial charge in [0.25, 0.3) is 0 Å². The summed E-state index contributed by atoms with van der Waals surface area (Å²) < 4.78 is 10.7. The average molecular weight is 550 g/mol. The summed E-state index contributed by atoms with van der Waals surface area (Å²) in [4.78, 5) is 39.7. The molecule has 4 atom stereocenters. The zero-order valence-electron chi connectivity index (χ0n) is 23.6. The van der Waals surface area contributed by atoms with Crippen LogP contribution in [0.1, 0.15) is 50.7 Å². The predicted molar refractivity (Wildman–Crippen MR) is 153 cm³/mol. The van der Waals surface area contributed by atoms with Crippen molar-refractivity contribution in [2.45, 2.75) is 70.9 Å². The van der Waals surface area contributed by atoms with E-state index in [0.29, 0.717) is 5.69 Å². The van der Waals surface area contributed by atoms with Gasteiger partial charge in [0, 0.05) is 5.69 Å². The Morgan fingerprint density at radius 1 is 0.875 bits per heavy atom. The number of aliphatic hydroxyl groups is 1. The van der Waals surface area contributed by atoms with E-state index in [9.17, 15) is 19.5 Å². The molecule has 0 spiro atoms. The second-order valence-electron chi connectivity index (χ2n) is 11.0.